The van der Waals surface area contributed by atoms with Crippen LogP contribution in [0.1, 0.15) is 46.8 Å². The third-order valence-electron chi connectivity index (χ3n) is 6.10. The minimum absolute atomic E-state index is 0.150. The van der Waals surface area contributed by atoms with E-state index in [0.29, 0.717) is 31.1 Å². The SMILES string of the molecule is O=C1CCC(N2Cc3ccc(CNc4cnn(C5CCNC5)c4)cc3C2=O)C(=O)N1. The summed E-state index contributed by atoms with van der Waals surface area (Å²) in [6, 6.07) is 5.65. The first-order valence-corrected chi connectivity index (χ1v) is 10.3. The van der Waals surface area contributed by atoms with Crippen LogP contribution >= 0.6 is 0 Å². The highest BCUT2D eigenvalue weighted by atomic mass is 16.2. The third-order valence-corrected chi connectivity index (χ3v) is 6.10. The number of carbonyl (C=O) groups is 3. The highest BCUT2D eigenvalue weighted by molar-refractivity contribution is 6.05. The molecule has 9 heteroatoms. The third kappa shape index (κ3) is 3.45. The summed E-state index contributed by atoms with van der Waals surface area (Å²) in [4.78, 5) is 38.1. The predicted molar refractivity (Wildman–Crippen MR) is 109 cm³/mol. The van der Waals surface area contributed by atoms with Gasteiger partial charge >= 0.3 is 0 Å². The quantitative estimate of drug-likeness (QED) is 0.632. The molecule has 9 nitrogen and oxygen atoms in total. The number of amides is 3. The van der Waals surface area contributed by atoms with Crippen LogP contribution in [0.15, 0.2) is 30.6 Å². The molecule has 0 spiro atoms. The molecule has 156 valence electrons. The minimum atomic E-state index is -0.583. The van der Waals surface area contributed by atoms with Gasteiger partial charge in [-0.1, -0.05) is 12.1 Å². The molecule has 1 aromatic carbocycles. The number of fused-ring (bicyclic) bond motifs is 1. The molecule has 2 saturated heterocycles. The van der Waals surface area contributed by atoms with E-state index in [4.69, 9.17) is 0 Å². The second-order valence-electron chi connectivity index (χ2n) is 8.10. The van der Waals surface area contributed by atoms with Crippen molar-refractivity contribution >= 4 is 23.4 Å². The Bertz CT molecular complexity index is 1010. The number of benzene rings is 1. The summed E-state index contributed by atoms with van der Waals surface area (Å²) in [7, 11) is 0. The number of hydrogen-bond acceptors (Lipinski definition) is 6. The number of nitrogens with zero attached hydrogens (tertiary/aromatic N) is 3. The van der Waals surface area contributed by atoms with Crippen LogP contribution in [0.25, 0.3) is 0 Å². The van der Waals surface area contributed by atoms with Crippen LogP contribution in [-0.2, 0) is 22.7 Å². The second kappa shape index (κ2) is 7.56. The van der Waals surface area contributed by atoms with Crippen LogP contribution < -0.4 is 16.0 Å². The van der Waals surface area contributed by atoms with E-state index in [0.717, 1.165) is 36.3 Å². The molecular formula is C21H24N6O3. The number of anilines is 1. The molecular weight excluding hydrogens is 384 g/mol. The zero-order chi connectivity index (χ0) is 20.7. The molecule has 3 N–H and O–H groups in total. The number of carbonyl (C=O) groups excluding carboxylic acids is 3. The van der Waals surface area contributed by atoms with Crippen molar-refractivity contribution in [2.75, 3.05) is 18.4 Å². The molecule has 4 heterocycles. The normalized spacial score (nSPS) is 23.6. The van der Waals surface area contributed by atoms with Gasteiger partial charge in [0.2, 0.25) is 11.8 Å². The first-order valence-electron chi connectivity index (χ1n) is 10.3. The van der Waals surface area contributed by atoms with Crippen molar-refractivity contribution in [2.24, 2.45) is 0 Å². The van der Waals surface area contributed by atoms with Crippen LogP contribution in [0.5, 0.6) is 0 Å². The summed E-state index contributed by atoms with van der Waals surface area (Å²) in [6.07, 6.45) is 5.55. The highest BCUT2D eigenvalue weighted by Crippen LogP contribution is 2.28. The van der Waals surface area contributed by atoms with E-state index < -0.39 is 6.04 Å². The van der Waals surface area contributed by atoms with E-state index in [2.05, 4.69) is 21.0 Å². The summed E-state index contributed by atoms with van der Waals surface area (Å²) in [5.41, 5.74) is 3.48. The smallest absolute Gasteiger partial charge is 0.255 e. The largest absolute Gasteiger partial charge is 0.378 e. The number of rotatable bonds is 5. The molecule has 0 aliphatic carbocycles. The number of imide groups is 1. The van der Waals surface area contributed by atoms with Crippen molar-refractivity contribution in [1.29, 1.82) is 0 Å². The second-order valence-corrected chi connectivity index (χ2v) is 8.10. The van der Waals surface area contributed by atoms with E-state index >= 15 is 0 Å². The Morgan fingerprint density at radius 2 is 2.10 bits per heavy atom. The molecule has 5 rings (SSSR count). The molecule has 3 aliphatic heterocycles. The summed E-state index contributed by atoms with van der Waals surface area (Å²) in [6.45, 7) is 2.94. The maximum absolute atomic E-state index is 12.9. The lowest BCUT2D eigenvalue weighted by molar-refractivity contribution is -0.136. The number of piperidine rings is 1. The van der Waals surface area contributed by atoms with E-state index in [-0.39, 0.29) is 24.1 Å². The zero-order valence-electron chi connectivity index (χ0n) is 16.6. The van der Waals surface area contributed by atoms with Gasteiger partial charge < -0.3 is 15.5 Å². The van der Waals surface area contributed by atoms with Crippen LogP contribution in [0.3, 0.4) is 0 Å². The first-order chi connectivity index (χ1) is 14.6. The molecule has 2 unspecified atom stereocenters. The van der Waals surface area contributed by atoms with Crippen LogP contribution in [0.2, 0.25) is 0 Å². The van der Waals surface area contributed by atoms with Crippen molar-refractivity contribution in [3.63, 3.8) is 0 Å². The van der Waals surface area contributed by atoms with E-state index in [9.17, 15) is 14.4 Å². The molecule has 2 fully saturated rings. The van der Waals surface area contributed by atoms with Gasteiger partial charge in [-0.2, -0.15) is 5.10 Å². The fourth-order valence-electron chi connectivity index (χ4n) is 4.41. The maximum atomic E-state index is 12.9. The Morgan fingerprint density at radius 3 is 2.90 bits per heavy atom. The van der Waals surface area contributed by atoms with Crippen molar-refractivity contribution in [3.8, 4) is 0 Å². The molecule has 3 aliphatic rings. The van der Waals surface area contributed by atoms with Gasteiger partial charge in [0.05, 0.1) is 17.9 Å². The predicted octanol–water partition coefficient (Wildman–Crippen LogP) is 0.791. The topological polar surface area (TPSA) is 108 Å². The number of aromatic nitrogens is 2. The lowest BCUT2D eigenvalue weighted by Crippen LogP contribution is -2.52. The van der Waals surface area contributed by atoms with E-state index in [1.54, 1.807) is 4.90 Å². The lowest BCUT2D eigenvalue weighted by atomic mass is 10.0. The fourth-order valence-corrected chi connectivity index (χ4v) is 4.41. The molecule has 0 saturated carbocycles. The van der Waals surface area contributed by atoms with Crippen molar-refractivity contribution < 1.29 is 14.4 Å². The van der Waals surface area contributed by atoms with Gasteiger partial charge in [0.15, 0.2) is 0 Å². The minimum Gasteiger partial charge on any atom is -0.378 e. The van der Waals surface area contributed by atoms with Gasteiger partial charge in [-0.15, -0.1) is 0 Å². The Kier molecular flexibility index (Phi) is 4.74. The average Bonchev–Trinajstić information content (AvgIpc) is 3.47. The standard InChI is InChI=1S/C21H24N6O3/c28-19-4-3-18(20(29)25-19)26-11-14-2-1-13(7-17(14)21(26)30)8-23-15-9-24-27(12-15)16-5-6-22-10-16/h1-2,7,9,12,16,18,22-23H,3-6,8,10-11H2,(H,25,28,29). The van der Waals surface area contributed by atoms with Crippen molar-refractivity contribution in [1.82, 2.24) is 25.3 Å². The molecule has 0 radical (unpaired) electrons. The van der Waals surface area contributed by atoms with Crippen LogP contribution in [0, 0.1) is 0 Å². The average molecular weight is 408 g/mol. The Hall–Kier alpha value is -3.20. The molecule has 30 heavy (non-hydrogen) atoms. The Labute approximate surface area is 173 Å². The van der Waals surface area contributed by atoms with Gasteiger partial charge in [-0.3, -0.25) is 24.4 Å². The number of nitrogens with one attached hydrogen (secondary N) is 3. The van der Waals surface area contributed by atoms with Gasteiger partial charge in [-0.25, -0.2) is 0 Å². The molecule has 2 atom stereocenters. The zero-order valence-corrected chi connectivity index (χ0v) is 16.6. The lowest BCUT2D eigenvalue weighted by Gasteiger charge is -2.29. The van der Waals surface area contributed by atoms with Gasteiger partial charge in [0.25, 0.3) is 5.91 Å². The Morgan fingerprint density at radius 1 is 1.20 bits per heavy atom. The molecule has 1 aromatic heterocycles. The molecule has 2 aromatic rings. The van der Waals surface area contributed by atoms with Crippen LogP contribution in [-0.4, -0.2) is 51.5 Å². The van der Waals surface area contributed by atoms with Crippen molar-refractivity contribution in [3.05, 3.63) is 47.3 Å². The Balaban J connectivity index is 1.25. The van der Waals surface area contributed by atoms with Gasteiger partial charge in [-0.05, 0) is 36.6 Å². The molecule has 3 amide bonds. The molecule has 0 bridgehead atoms. The van der Waals surface area contributed by atoms with Crippen LogP contribution in [0.4, 0.5) is 5.69 Å². The van der Waals surface area contributed by atoms with E-state index in [1.807, 2.05) is 35.3 Å². The summed E-state index contributed by atoms with van der Waals surface area (Å²) < 4.78 is 1.99. The maximum Gasteiger partial charge on any atom is 0.255 e. The fraction of sp³-hybridized carbons (Fsp3) is 0.429. The highest BCUT2D eigenvalue weighted by Gasteiger charge is 2.39. The summed E-state index contributed by atoms with van der Waals surface area (Å²) in [5, 5.41) is 13.5. The van der Waals surface area contributed by atoms with Crippen molar-refractivity contribution in [2.45, 2.75) is 44.4 Å². The summed E-state index contributed by atoms with van der Waals surface area (Å²) in [5.74, 6) is -0.812. The van der Waals surface area contributed by atoms with Gasteiger partial charge in [0.1, 0.15) is 6.04 Å². The van der Waals surface area contributed by atoms with E-state index in [1.165, 1.54) is 0 Å². The number of hydrogen-bond donors (Lipinski definition) is 3. The first kappa shape index (κ1) is 18.8. The monoisotopic (exact) mass is 408 g/mol. The summed E-state index contributed by atoms with van der Waals surface area (Å²) >= 11 is 0. The van der Waals surface area contributed by atoms with Gasteiger partial charge in [0, 0.05) is 37.8 Å².